The quantitative estimate of drug-likeness (QED) is 0.796. The molecule has 1 unspecified atom stereocenters. The highest BCUT2D eigenvalue weighted by Gasteiger charge is 2.25. The summed E-state index contributed by atoms with van der Waals surface area (Å²) in [5, 5.41) is 3.46. The van der Waals surface area contributed by atoms with Gasteiger partial charge in [0, 0.05) is 12.6 Å². The maximum absolute atomic E-state index is 3.46. The van der Waals surface area contributed by atoms with Gasteiger partial charge in [0.1, 0.15) is 0 Å². The molecule has 2 heterocycles. The monoisotopic (exact) mass is 267 g/mol. The third-order valence-electron chi connectivity index (χ3n) is 4.78. The molecule has 3 nitrogen and oxygen atoms in total. The van der Waals surface area contributed by atoms with Gasteiger partial charge in [-0.3, -0.25) is 0 Å². The zero-order chi connectivity index (χ0) is 13.5. The van der Waals surface area contributed by atoms with E-state index in [0.29, 0.717) is 0 Å². The number of hydrogen-bond acceptors (Lipinski definition) is 3. The molecule has 2 aliphatic heterocycles. The van der Waals surface area contributed by atoms with Gasteiger partial charge >= 0.3 is 0 Å². The lowest BCUT2D eigenvalue weighted by Crippen LogP contribution is -2.47. The molecule has 19 heavy (non-hydrogen) atoms. The number of nitrogens with one attached hydrogen (secondary N) is 1. The molecule has 3 heteroatoms. The molecule has 0 bridgehead atoms. The van der Waals surface area contributed by atoms with Gasteiger partial charge in [0.15, 0.2) is 0 Å². The van der Waals surface area contributed by atoms with Crippen LogP contribution in [0, 0.1) is 5.92 Å². The molecule has 112 valence electrons. The smallest absolute Gasteiger partial charge is 0.0120 e. The second-order valence-electron chi connectivity index (χ2n) is 6.54. The van der Waals surface area contributed by atoms with Crippen LogP contribution in [0.5, 0.6) is 0 Å². The van der Waals surface area contributed by atoms with Gasteiger partial charge in [-0.05, 0) is 70.9 Å². The average molecular weight is 267 g/mol. The Kier molecular flexibility index (Phi) is 6.62. The largest absolute Gasteiger partial charge is 0.317 e. The first-order valence-electron chi connectivity index (χ1n) is 8.46. The molecule has 2 rings (SSSR count). The summed E-state index contributed by atoms with van der Waals surface area (Å²) in [5.74, 6) is 0.784. The van der Waals surface area contributed by atoms with Crippen LogP contribution in [-0.4, -0.2) is 61.7 Å². The lowest BCUT2D eigenvalue weighted by atomic mass is 9.99. The summed E-state index contributed by atoms with van der Waals surface area (Å²) in [5.41, 5.74) is 0. The molecule has 0 saturated carbocycles. The van der Waals surface area contributed by atoms with Crippen molar-refractivity contribution in [2.75, 3.05) is 45.8 Å². The summed E-state index contributed by atoms with van der Waals surface area (Å²) in [6.07, 6.45) is 7.11. The van der Waals surface area contributed by atoms with Crippen molar-refractivity contribution in [3.05, 3.63) is 0 Å². The Morgan fingerprint density at radius 1 is 1.05 bits per heavy atom. The van der Waals surface area contributed by atoms with Crippen LogP contribution in [0.25, 0.3) is 0 Å². The van der Waals surface area contributed by atoms with Gasteiger partial charge in [-0.15, -0.1) is 0 Å². The topological polar surface area (TPSA) is 18.5 Å². The molecule has 0 radical (unpaired) electrons. The molecular weight excluding hydrogens is 234 g/mol. The number of hydrogen-bond donors (Lipinski definition) is 1. The molecule has 0 aliphatic carbocycles. The van der Waals surface area contributed by atoms with Crippen LogP contribution in [-0.2, 0) is 0 Å². The minimum atomic E-state index is 0.784. The first kappa shape index (κ1) is 15.3. The van der Waals surface area contributed by atoms with E-state index in [9.17, 15) is 0 Å². The van der Waals surface area contributed by atoms with Gasteiger partial charge in [-0.1, -0.05) is 20.3 Å². The minimum Gasteiger partial charge on any atom is -0.317 e. The highest BCUT2D eigenvalue weighted by molar-refractivity contribution is 4.82. The molecule has 0 amide bonds. The lowest BCUT2D eigenvalue weighted by Gasteiger charge is -2.40. The van der Waals surface area contributed by atoms with Crippen molar-refractivity contribution in [2.45, 2.75) is 52.0 Å². The van der Waals surface area contributed by atoms with E-state index in [-0.39, 0.29) is 0 Å². The molecule has 2 saturated heterocycles. The molecular formula is C16H33N3. The highest BCUT2D eigenvalue weighted by Crippen LogP contribution is 2.21. The molecule has 0 spiro atoms. The van der Waals surface area contributed by atoms with Gasteiger partial charge in [0.25, 0.3) is 0 Å². The normalized spacial score (nSPS) is 25.6. The fourth-order valence-corrected chi connectivity index (χ4v) is 3.65. The molecule has 0 aromatic carbocycles. The standard InChI is InChI=1S/C16H33N3/c1-3-17-13-15(2)14-18-11-7-16(8-12-18)19-9-5-4-6-10-19/h15-17H,3-14H2,1-2H3. The lowest BCUT2D eigenvalue weighted by molar-refractivity contribution is 0.0865. The van der Waals surface area contributed by atoms with Crippen molar-refractivity contribution >= 4 is 0 Å². The second-order valence-corrected chi connectivity index (χ2v) is 6.54. The van der Waals surface area contributed by atoms with E-state index in [1.807, 2.05) is 0 Å². The van der Waals surface area contributed by atoms with Crippen molar-refractivity contribution in [2.24, 2.45) is 5.92 Å². The van der Waals surface area contributed by atoms with Gasteiger partial charge in [-0.2, -0.15) is 0 Å². The van der Waals surface area contributed by atoms with E-state index in [0.717, 1.165) is 18.5 Å². The second kappa shape index (κ2) is 8.23. The van der Waals surface area contributed by atoms with E-state index in [2.05, 4.69) is 29.0 Å². The molecule has 1 N–H and O–H groups in total. The van der Waals surface area contributed by atoms with Crippen molar-refractivity contribution in [1.29, 1.82) is 0 Å². The van der Waals surface area contributed by atoms with Crippen LogP contribution in [0.3, 0.4) is 0 Å². The maximum atomic E-state index is 3.46. The number of rotatable bonds is 6. The van der Waals surface area contributed by atoms with E-state index >= 15 is 0 Å². The van der Waals surface area contributed by atoms with Crippen molar-refractivity contribution in [3.8, 4) is 0 Å². The summed E-state index contributed by atoms with van der Waals surface area (Å²) in [6.45, 7) is 13.5. The third-order valence-corrected chi connectivity index (χ3v) is 4.78. The summed E-state index contributed by atoms with van der Waals surface area (Å²) in [7, 11) is 0. The van der Waals surface area contributed by atoms with Gasteiger partial charge < -0.3 is 15.1 Å². The summed E-state index contributed by atoms with van der Waals surface area (Å²) in [4.78, 5) is 5.45. The van der Waals surface area contributed by atoms with Crippen LogP contribution in [0.2, 0.25) is 0 Å². The van der Waals surface area contributed by atoms with E-state index in [1.54, 1.807) is 0 Å². The van der Waals surface area contributed by atoms with Crippen LogP contribution in [0.4, 0.5) is 0 Å². The first-order valence-corrected chi connectivity index (χ1v) is 8.46. The summed E-state index contributed by atoms with van der Waals surface area (Å²) >= 11 is 0. The van der Waals surface area contributed by atoms with Crippen molar-refractivity contribution in [3.63, 3.8) is 0 Å². The van der Waals surface area contributed by atoms with E-state index < -0.39 is 0 Å². The van der Waals surface area contributed by atoms with Gasteiger partial charge in [-0.25, -0.2) is 0 Å². The van der Waals surface area contributed by atoms with Crippen molar-refractivity contribution < 1.29 is 0 Å². The minimum absolute atomic E-state index is 0.784. The third kappa shape index (κ3) is 5.05. The zero-order valence-electron chi connectivity index (χ0n) is 13.0. The van der Waals surface area contributed by atoms with E-state index in [1.165, 1.54) is 71.4 Å². The SMILES string of the molecule is CCNCC(C)CN1CCC(N2CCCCC2)CC1. The Morgan fingerprint density at radius 2 is 1.74 bits per heavy atom. The Morgan fingerprint density at radius 3 is 2.37 bits per heavy atom. The number of likely N-dealkylation sites (tertiary alicyclic amines) is 2. The average Bonchev–Trinajstić information content (AvgIpc) is 2.47. The fraction of sp³-hybridized carbons (Fsp3) is 1.00. The fourth-order valence-electron chi connectivity index (χ4n) is 3.65. The Bertz CT molecular complexity index is 230. The Hall–Kier alpha value is -0.120. The maximum Gasteiger partial charge on any atom is 0.0120 e. The predicted octanol–water partition coefficient (Wildman–Crippen LogP) is 2.18. The first-order chi connectivity index (χ1) is 9.29. The molecule has 2 aliphatic rings. The van der Waals surface area contributed by atoms with Crippen molar-refractivity contribution in [1.82, 2.24) is 15.1 Å². The van der Waals surface area contributed by atoms with Crippen LogP contribution < -0.4 is 5.32 Å². The molecule has 0 aromatic rings. The zero-order valence-corrected chi connectivity index (χ0v) is 13.0. The number of nitrogens with zero attached hydrogens (tertiary/aromatic N) is 2. The van der Waals surface area contributed by atoms with E-state index in [4.69, 9.17) is 0 Å². The predicted molar refractivity (Wildman–Crippen MR) is 82.6 cm³/mol. The summed E-state index contributed by atoms with van der Waals surface area (Å²) in [6, 6.07) is 0.889. The molecule has 2 fully saturated rings. The highest BCUT2D eigenvalue weighted by atomic mass is 15.2. The Balaban J connectivity index is 1.64. The molecule has 1 atom stereocenters. The Labute approximate surface area is 119 Å². The summed E-state index contributed by atoms with van der Waals surface area (Å²) < 4.78 is 0. The van der Waals surface area contributed by atoms with Crippen LogP contribution in [0.15, 0.2) is 0 Å². The molecule has 0 aromatic heterocycles. The number of piperidine rings is 2. The van der Waals surface area contributed by atoms with Gasteiger partial charge in [0.2, 0.25) is 0 Å². The van der Waals surface area contributed by atoms with Crippen LogP contribution in [0.1, 0.15) is 46.0 Å². The van der Waals surface area contributed by atoms with Gasteiger partial charge in [0.05, 0.1) is 0 Å². The van der Waals surface area contributed by atoms with Crippen LogP contribution >= 0.6 is 0 Å².